The van der Waals surface area contributed by atoms with Gasteiger partial charge in [-0.25, -0.2) is 4.79 Å². The lowest BCUT2D eigenvalue weighted by Crippen LogP contribution is -2.42. The molecule has 1 unspecified atom stereocenters. The van der Waals surface area contributed by atoms with E-state index in [-0.39, 0.29) is 18.0 Å². The third kappa shape index (κ3) is 6.26. The van der Waals surface area contributed by atoms with Gasteiger partial charge in [-0.1, -0.05) is 62.7 Å². The van der Waals surface area contributed by atoms with Gasteiger partial charge >= 0.3 is 5.97 Å². The van der Waals surface area contributed by atoms with E-state index in [0.29, 0.717) is 10.8 Å². The summed E-state index contributed by atoms with van der Waals surface area (Å²) in [5, 5.41) is 3.91. The fourth-order valence-corrected chi connectivity index (χ4v) is 3.03. The molecule has 30 heavy (non-hydrogen) atoms. The number of nitrogens with one attached hydrogen (secondary N) is 1. The van der Waals surface area contributed by atoms with E-state index >= 15 is 0 Å². The average Bonchev–Trinajstić information content (AvgIpc) is 2.72. The largest absolute Gasteiger partial charge is 0.459 e. The van der Waals surface area contributed by atoms with Crippen molar-refractivity contribution in [1.82, 2.24) is 0 Å². The lowest BCUT2D eigenvalue weighted by molar-refractivity contribution is -0.148. The standard InChI is InChI=1S/C25H26ClNO3/c1-25(2,3)23(27-20-14-12-19(26)13-15-20)24(28)29-17-18-8-7-11-22(16-18)30-21-9-5-4-6-10-21/h4-16,23,27H,17H2,1-3H3. The molecule has 0 saturated heterocycles. The number of ether oxygens (including phenoxy) is 2. The number of hydrogen-bond donors (Lipinski definition) is 1. The van der Waals surface area contributed by atoms with E-state index in [1.54, 1.807) is 12.1 Å². The minimum Gasteiger partial charge on any atom is -0.459 e. The van der Waals surface area contributed by atoms with Crippen LogP contribution in [0.4, 0.5) is 5.69 Å². The predicted octanol–water partition coefficient (Wildman–Crippen LogP) is 6.70. The zero-order valence-corrected chi connectivity index (χ0v) is 18.1. The highest BCUT2D eigenvalue weighted by Gasteiger charge is 2.32. The van der Waals surface area contributed by atoms with E-state index in [1.165, 1.54) is 0 Å². The summed E-state index contributed by atoms with van der Waals surface area (Å²) in [6, 6.07) is 23.8. The maximum atomic E-state index is 12.9. The molecule has 3 rings (SSSR count). The number of rotatable bonds is 7. The van der Waals surface area contributed by atoms with Gasteiger partial charge in [0.05, 0.1) is 0 Å². The topological polar surface area (TPSA) is 47.6 Å². The van der Waals surface area contributed by atoms with Crippen LogP contribution in [0.5, 0.6) is 11.5 Å². The Morgan fingerprint density at radius 3 is 2.27 bits per heavy atom. The first-order valence-corrected chi connectivity index (χ1v) is 10.2. The van der Waals surface area contributed by atoms with Crippen molar-refractivity contribution >= 4 is 23.3 Å². The van der Waals surface area contributed by atoms with E-state index < -0.39 is 6.04 Å². The molecule has 0 aromatic heterocycles. The first-order chi connectivity index (χ1) is 14.3. The number of benzene rings is 3. The second kappa shape index (κ2) is 9.68. The van der Waals surface area contributed by atoms with Gasteiger partial charge in [-0.3, -0.25) is 0 Å². The van der Waals surface area contributed by atoms with E-state index in [2.05, 4.69) is 5.32 Å². The lowest BCUT2D eigenvalue weighted by atomic mass is 9.86. The Morgan fingerprint density at radius 2 is 1.60 bits per heavy atom. The summed E-state index contributed by atoms with van der Waals surface area (Å²) in [5.74, 6) is 1.14. The summed E-state index contributed by atoms with van der Waals surface area (Å²) in [6.07, 6.45) is 0. The number of halogens is 1. The van der Waals surface area contributed by atoms with Gasteiger partial charge in [-0.15, -0.1) is 0 Å². The molecule has 0 saturated carbocycles. The van der Waals surface area contributed by atoms with Gasteiger partial charge in [0.25, 0.3) is 0 Å². The normalized spacial score (nSPS) is 12.1. The van der Waals surface area contributed by atoms with Crippen LogP contribution in [0.2, 0.25) is 5.02 Å². The van der Waals surface area contributed by atoms with Crippen LogP contribution in [0.1, 0.15) is 26.3 Å². The maximum absolute atomic E-state index is 12.9. The van der Waals surface area contributed by atoms with Gasteiger partial charge in [0.2, 0.25) is 0 Å². The Balaban J connectivity index is 1.65. The molecule has 3 aromatic rings. The highest BCUT2D eigenvalue weighted by molar-refractivity contribution is 6.30. The minimum absolute atomic E-state index is 0.166. The monoisotopic (exact) mass is 423 g/mol. The van der Waals surface area contributed by atoms with Crippen molar-refractivity contribution in [1.29, 1.82) is 0 Å². The molecule has 4 nitrogen and oxygen atoms in total. The van der Waals surface area contributed by atoms with Gasteiger partial charge in [0.1, 0.15) is 24.1 Å². The summed E-state index contributed by atoms with van der Waals surface area (Å²) in [4.78, 5) is 12.9. The van der Waals surface area contributed by atoms with Crippen molar-refractivity contribution in [3.05, 3.63) is 89.4 Å². The third-order valence-electron chi connectivity index (χ3n) is 4.52. The summed E-state index contributed by atoms with van der Waals surface area (Å²) in [5.41, 5.74) is 1.33. The molecule has 0 spiro atoms. The fraction of sp³-hybridized carbons (Fsp3) is 0.240. The van der Waals surface area contributed by atoms with E-state index in [0.717, 1.165) is 17.0 Å². The Morgan fingerprint density at radius 1 is 0.933 bits per heavy atom. The molecule has 0 bridgehead atoms. The summed E-state index contributed by atoms with van der Waals surface area (Å²) in [7, 11) is 0. The van der Waals surface area contributed by atoms with Crippen molar-refractivity contribution in [2.24, 2.45) is 5.41 Å². The molecular weight excluding hydrogens is 398 g/mol. The van der Waals surface area contributed by atoms with Gasteiger partial charge in [0.15, 0.2) is 0 Å². The number of hydrogen-bond acceptors (Lipinski definition) is 4. The van der Waals surface area contributed by atoms with Gasteiger partial charge in [0, 0.05) is 10.7 Å². The molecule has 3 aromatic carbocycles. The zero-order valence-electron chi connectivity index (χ0n) is 17.4. The van der Waals surface area contributed by atoms with Crippen LogP contribution >= 0.6 is 11.6 Å². The second-order valence-corrected chi connectivity index (χ2v) is 8.56. The van der Waals surface area contributed by atoms with Crippen molar-refractivity contribution in [2.75, 3.05) is 5.32 Å². The summed E-state index contributed by atoms with van der Waals surface area (Å²) < 4.78 is 11.5. The molecule has 1 atom stereocenters. The van der Waals surface area contributed by atoms with E-state index in [9.17, 15) is 4.79 Å². The Labute approximate surface area is 182 Å². The van der Waals surface area contributed by atoms with Crippen LogP contribution in [0.15, 0.2) is 78.9 Å². The molecule has 156 valence electrons. The van der Waals surface area contributed by atoms with Crippen molar-refractivity contribution < 1.29 is 14.3 Å². The van der Waals surface area contributed by atoms with Crippen molar-refractivity contribution in [2.45, 2.75) is 33.4 Å². The first kappa shape index (κ1) is 21.7. The van der Waals surface area contributed by atoms with Gasteiger partial charge < -0.3 is 14.8 Å². The molecule has 0 heterocycles. The van der Waals surface area contributed by atoms with Crippen molar-refractivity contribution in [3.8, 4) is 11.5 Å². The quantitative estimate of drug-likeness (QED) is 0.429. The lowest BCUT2D eigenvalue weighted by Gasteiger charge is -2.30. The Kier molecular flexibility index (Phi) is 7.01. The van der Waals surface area contributed by atoms with Crippen LogP contribution in [0, 0.1) is 5.41 Å². The van der Waals surface area contributed by atoms with Gasteiger partial charge in [-0.05, 0) is 59.5 Å². The highest BCUT2D eigenvalue weighted by atomic mass is 35.5. The predicted molar refractivity (Wildman–Crippen MR) is 121 cm³/mol. The molecule has 0 amide bonds. The van der Waals surface area contributed by atoms with Crippen LogP contribution in [0.25, 0.3) is 0 Å². The van der Waals surface area contributed by atoms with E-state index in [4.69, 9.17) is 21.1 Å². The van der Waals surface area contributed by atoms with E-state index in [1.807, 2.05) is 87.5 Å². The molecule has 0 aliphatic rings. The van der Waals surface area contributed by atoms with Crippen LogP contribution < -0.4 is 10.1 Å². The number of anilines is 1. The van der Waals surface area contributed by atoms with Crippen LogP contribution in [-0.4, -0.2) is 12.0 Å². The number of carbonyl (C=O) groups excluding carboxylic acids is 1. The maximum Gasteiger partial charge on any atom is 0.329 e. The Bertz CT molecular complexity index is 966. The third-order valence-corrected chi connectivity index (χ3v) is 4.77. The molecule has 0 aliphatic heterocycles. The molecule has 5 heteroatoms. The molecule has 0 fully saturated rings. The minimum atomic E-state index is -0.512. The smallest absolute Gasteiger partial charge is 0.329 e. The highest BCUT2D eigenvalue weighted by Crippen LogP contribution is 2.26. The zero-order chi connectivity index (χ0) is 21.6. The van der Waals surface area contributed by atoms with Crippen LogP contribution in [-0.2, 0) is 16.1 Å². The average molecular weight is 424 g/mol. The van der Waals surface area contributed by atoms with Gasteiger partial charge in [-0.2, -0.15) is 0 Å². The summed E-state index contributed by atoms with van der Waals surface area (Å²) in [6.45, 7) is 6.15. The Hall–Kier alpha value is -2.98. The second-order valence-electron chi connectivity index (χ2n) is 8.12. The fourth-order valence-electron chi connectivity index (χ4n) is 2.90. The SMILES string of the molecule is CC(C)(C)C(Nc1ccc(Cl)cc1)C(=O)OCc1cccc(Oc2ccccc2)c1. The van der Waals surface area contributed by atoms with Crippen molar-refractivity contribution in [3.63, 3.8) is 0 Å². The summed E-state index contributed by atoms with van der Waals surface area (Å²) >= 11 is 5.95. The number of carbonyl (C=O) groups is 1. The van der Waals surface area contributed by atoms with Crippen LogP contribution in [0.3, 0.4) is 0 Å². The first-order valence-electron chi connectivity index (χ1n) is 9.82. The number of esters is 1. The molecular formula is C25H26ClNO3. The molecule has 0 aliphatic carbocycles. The molecule has 0 radical (unpaired) electrons. The number of para-hydroxylation sites is 1. The molecule has 1 N–H and O–H groups in total.